The van der Waals surface area contributed by atoms with E-state index in [0.29, 0.717) is 23.0 Å². The Morgan fingerprint density at radius 2 is 1.94 bits per heavy atom. The van der Waals surface area contributed by atoms with E-state index in [9.17, 15) is 27.5 Å². The van der Waals surface area contributed by atoms with Crippen molar-refractivity contribution in [1.82, 2.24) is 19.7 Å². The van der Waals surface area contributed by atoms with Crippen LogP contribution >= 0.6 is 0 Å². The molecule has 2 N–H and O–H groups in total. The van der Waals surface area contributed by atoms with Crippen LogP contribution in [0.3, 0.4) is 0 Å². The van der Waals surface area contributed by atoms with Crippen LogP contribution in [0.4, 0.5) is 23.2 Å². The van der Waals surface area contributed by atoms with Crippen LogP contribution in [0.25, 0.3) is 10.9 Å². The van der Waals surface area contributed by atoms with Crippen molar-refractivity contribution in [2.75, 3.05) is 11.9 Å². The highest BCUT2D eigenvalue weighted by Crippen LogP contribution is 2.33. The highest BCUT2D eigenvalue weighted by atomic mass is 19.4. The van der Waals surface area contributed by atoms with Gasteiger partial charge in [-0.05, 0) is 37.7 Å². The first-order valence-corrected chi connectivity index (χ1v) is 9.74. The summed E-state index contributed by atoms with van der Waals surface area (Å²) in [5, 5.41) is 16.5. The lowest BCUT2D eigenvalue weighted by Gasteiger charge is -2.27. The number of alkyl halides is 3. The van der Waals surface area contributed by atoms with E-state index >= 15 is 0 Å². The Labute approximate surface area is 174 Å². The molecule has 4 rings (SSSR count). The molecule has 1 aliphatic rings. The highest BCUT2D eigenvalue weighted by molar-refractivity contribution is 6.03. The Balaban J connectivity index is 1.55. The van der Waals surface area contributed by atoms with Gasteiger partial charge in [0.1, 0.15) is 11.5 Å². The number of aromatic nitrogens is 4. The minimum Gasteiger partial charge on any atom is -0.396 e. The molecule has 1 saturated carbocycles. The summed E-state index contributed by atoms with van der Waals surface area (Å²) in [5.41, 5.74) is -1.68. The summed E-state index contributed by atoms with van der Waals surface area (Å²) in [4.78, 5) is 18.9. The van der Waals surface area contributed by atoms with Crippen molar-refractivity contribution < 1.29 is 27.5 Å². The first-order valence-electron chi connectivity index (χ1n) is 9.74. The average Bonchev–Trinajstić information content (AvgIpc) is 3.16. The van der Waals surface area contributed by atoms with E-state index in [0.717, 1.165) is 31.9 Å². The van der Waals surface area contributed by atoms with Gasteiger partial charge in [0.2, 0.25) is 0 Å². The van der Waals surface area contributed by atoms with E-state index in [-0.39, 0.29) is 18.3 Å². The van der Waals surface area contributed by atoms with Crippen LogP contribution in [0.15, 0.2) is 30.7 Å². The van der Waals surface area contributed by atoms with Crippen molar-refractivity contribution in [2.24, 2.45) is 5.92 Å². The number of carbonyl (C=O) groups excluding carboxylic acids is 1. The van der Waals surface area contributed by atoms with E-state index in [4.69, 9.17) is 0 Å². The molecule has 1 amide bonds. The average molecular weight is 437 g/mol. The zero-order chi connectivity index (χ0) is 22.2. The molecule has 2 heterocycles. The quantitative estimate of drug-likeness (QED) is 0.603. The lowest BCUT2D eigenvalue weighted by atomic mass is 9.87. The Morgan fingerprint density at radius 3 is 2.61 bits per heavy atom. The van der Waals surface area contributed by atoms with Crippen LogP contribution in [0, 0.1) is 11.7 Å². The molecule has 1 aromatic carbocycles. The first kappa shape index (κ1) is 21.2. The van der Waals surface area contributed by atoms with Crippen LogP contribution in [-0.2, 0) is 6.18 Å². The topological polar surface area (TPSA) is 92.9 Å². The fraction of sp³-hybridized carbons (Fsp3) is 0.400. The Kier molecular flexibility index (Phi) is 5.61. The van der Waals surface area contributed by atoms with E-state index in [1.54, 1.807) is 10.9 Å². The lowest BCUT2D eigenvalue weighted by molar-refractivity contribution is -0.141. The standard InChI is InChI=1S/C20H19F4N5O2/c21-14-6-15-12(9-29(28-15)13-3-1-11(10-30)2-4-13)5-16(14)27-19(31)17-7-25-8-18(26-17)20(22,23)24/h5-9,11,13,30H,1-4,10H2,(H,27,31)/t11-,13-. The van der Waals surface area contributed by atoms with Gasteiger partial charge in [-0.3, -0.25) is 14.5 Å². The maximum atomic E-state index is 14.5. The number of aliphatic hydroxyl groups is 1. The van der Waals surface area contributed by atoms with Crippen molar-refractivity contribution in [3.8, 4) is 0 Å². The number of halogens is 4. The number of amides is 1. The van der Waals surface area contributed by atoms with Gasteiger partial charge in [0, 0.05) is 24.3 Å². The van der Waals surface area contributed by atoms with Gasteiger partial charge in [0.25, 0.3) is 5.91 Å². The lowest BCUT2D eigenvalue weighted by Crippen LogP contribution is -2.20. The van der Waals surface area contributed by atoms with Gasteiger partial charge in [-0.25, -0.2) is 9.37 Å². The molecular weight excluding hydrogens is 418 g/mol. The smallest absolute Gasteiger partial charge is 0.396 e. The normalized spacial score (nSPS) is 19.5. The van der Waals surface area contributed by atoms with Crippen molar-refractivity contribution in [1.29, 1.82) is 0 Å². The molecular formula is C20H19F4N5O2. The van der Waals surface area contributed by atoms with Crippen molar-refractivity contribution in [3.05, 3.63) is 47.9 Å². The predicted octanol–water partition coefficient (Wildman–Crippen LogP) is 3.96. The second-order valence-corrected chi connectivity index (χ2v) is 7.60. The summed E-state index contributed by atoms with van der Waals surface area (Å²) >= 11 is 0. The summed E-state index contributed by atoms with van der Waals surface area (Å²) in [6.07, 6.45) is 1.83. The molecule has 3 aromatic rings. The summed E-state index contributed by atoms with van der Waals surface area (Å²) in [6.45, 7) is 0.165. The van der Waals surface area contributed by atoms with Gasteiger partial charge < -0.3 is 10.4 Å². The van der Waals surface area contributed by atoms with Gasteiger partial charge in [-0.2, -0.15) is 18.3 Å². The van der Waals surface area contributed by atoms with E-state index in [1.165, 1.54) is 12.1 Å². The number of fused-ring (bicyclic) bond motifs is 1. The molecule has 0 aliphatic heterocycles. The van der Waals surface area contributed by atoms with E-state index in [1.807, 2.05) is 0 Å². The Morgan fingerprint density at radius 1 is 1.19 bits per heavy atom. The van der Waals surface area contributed by atoms with Crippen LogP contribution in [-0.4, -0.2) is 37.4 Å². The molecule has 0 saturated heterocycles. The molecule has 31 heavy (non-hydrogen) atoms. The third kappa shape index (κ3) is 4.50. The maximum absolute atomic E-state index is 14.5. The minimum absolute atomic E-state index is 0.136. The number of benzene rings is 1. The summed E-state index contributed by atoms with van der Waals surface area (Å²) < 4.78 is 54.6. The zero-order valence-corrected chi connectivity index (χ0v) is 16.2. The van der Waals surface area contributed by atoms with E-state index in [2.05, 4.69) is 20.4 Å². The van der Waals surface area contributed by atoms with Crippen molar-refractivity contribution in [2.45, 2.75) is 37.9 Å². The van der Waals surface area contributed by atoms with Crippen LogP contribution in [0.2, 0.25) is 0 Å². The summed E-state index contributed by atoms with van der Waals surface area (Å²) in [6, 6.07) is 2.68. The monoisotopic (exact) mass is 437 g/mol. The van der Waals surface area contributed by atoms with Gasteiger partial charge in [-0.15, -0.1) is 0 Å². The molecule has 0 spiro atoms. The number of nitrogens with one attached hydrogen (secondary N) is 1. The number of rotatable bonds is 4. The minimum atomic E-state index is -4.75. The highest BCUT2D eigenvalue weighted by Gasteiger charge is 2.33. The number of hydrogen-bond donors (Lipinski definition) is 2. The molecule has 0 bridgehead atoms. The SMILES string of the molecule is O=C(Nc1cc2cn([C@H]3CC[C@H](CO)CC3)nc2cc1F)c1cncc(C(F)(F)F)n1. The summed E-state index contributed by atoms with van der Waals surface area (Å²) in [5.74, 6) is -1.49. The number of nitrogens with zero attached hydrogens (tertiary/aromatic N) is 4. The third-order valence-corrected chi connectivity index (χ3v) is 5.47. The second kappa shape index (κ2) is 8.22. The van der Waals surface area contributed by atoms with Gasteiger partial charge in [0.05, 0.1) is 29.6 Å². The van der Waals surface area contributed by atoms with Crippen LogP contribution in [0.5, 0.6) is 0 Å². The van der Waals surface area contributed by atoms with Crippen molar-refractivity contribution >= 4 is 22.5 Å². The molecule has 1 fully saturated rings. The van der Waals surface area contributed by atoms with Gasteiger partial charge >= 0.3 is 6.18 Å². The largest absolute Gasteiger partial charge is 0.434 e. The number of carbonyl (C=O) groups is 1. The molecule has 0 radical (unpaired) electrons. The molecule has 11 heteroatoms. The predicted molar refractivity (Wildman–Crippen MR) is 103 cm³/mol. The molecule has 1 aliphatic carbocycles. The Hall–Kier alpha value is -3.08. The van der Waals surface area contributed by atoms with E-state index < -0.39 is 29.3 Å². The maximum Gasteiger partial charge on any atom is 0.434 e. The second-order valence-electron chi connectivity index (χ2n) is 7.60. The molecule has 0 atom stereocenters. The molecule has 7 nitrogen and oxygen atoms in total. The van der Waals surface area contributed by atoms with Crippen LogP contribution in [0.1, 0.15) is 47.9 Å². The fourth-order valence-corrected chi connectivity index (χ4v) is 3.74. The molecule has 0 unspecified atom stereocenters. The summed E-state index contributed by atoms with van der Waals surface area (Å²) in [7, 11) is 0. The third-order valence-electron chi connectivity index (χ3n) is 5.47. The van der Waals surface area contributed by atoms with Crippen LogP contribution < -0.4 is 5.32 Å². The molecule has 2 aromatic heterocycles. The first-order chi connectivity index (χ1) is 14.7. The van der Waals surface area contributed by atoms with Gasteiger partial charge in [0.15, 0.2) is 5.69 Å². The fourth-order valence-electron chi connectivity index (χ4n) is 3.74. The Bertz CT molecular complexity index is 1110. The number of anilines is 1. The van der Waals surface area contributed by atoms with Crippen molar-refractivity contribution in [3.63, 3.8) is 0 Å². The number of hydrogen-bond acceptors (Lipinski definition) is 5. The zero-order valence-electron chi connectivity index (χ0n) is 16.2. The molecule has 164 valence electrons. The number of aliphatic hydroxyl groups excluding tert-OH is 1. The van der Waals surface area contributed by atoms with Gasteiger partial charge in [-0.1, -0.05) is 0 Å².